The predicted molar refractivity (Wildman–Crippen MR) is 97.5 cm³/mol. The highest BCUT2D eigenvalue weighted by Gasteiger charge is 2.28. The molecule has 0 radical (unpaired) electrons. The number of aromatic nitrogens is 1. The Morgan fingerprint density at radius 1 is 1.32 bits per heavy atom. The van der Waals surface area contributed by atoms with Crippen LogP contribution < -0.4 is 5.56 Å². The van der Waals surface area contributed by atoms with Gasteiger partial charge in [-0.1, -0.05) is 30.3 Å². The van der Waals surface area contributed by atoms with Crippen molar-refractivity contribution in [1.29, 1.82) is 0 Å². The number of aliphatic hydroxyl groups excluding tert-OH is 1. The van der Waals surface area contributed by atoms with E-state index >= 15 is 0 Å². The highest BCUT2D eigenvalue weighted by Crippen LogP contribution is 2.24. The molecule has 1 aliphatic heterocycles. The number of hydrogen-bond donors (Lipinski definition) is 2. The first-order chi connectivity index (χ1) is 12.0. The largest absolute Gasteiger partial charge is 0.393 e. The van der Waals surface area contributed by atoms with Crippen molar-refractivity contribution in [2.24, 2.45) is 5.92 Å². The average Bonchev–Trinajstić information content (AvgIpc) is 2.62. The Labute approximate surface area is 147 Å². The number of nitrogens with zero attached hydrogens (tertiary/aromatic N) is 1. The van der Waals surface area contributed by atoms with Gasteiger partial charge in [-0.25, -0.2) is 0 Å². The summed E-state index contributed by atoms with van der Waals surface area (Å²) < 4.78 is 0. The van der Waals surface area contributed by atoms with Gasteiger partial charge in [0, 0.05) is 30.3 Å². The second kappa shape index (κ2) is 7.23. The topological polar surface area (TPSA) is 73.4 Å². The normalized spacial score (nSPS) is 18.8. The number of aromatic amines is 1. The highest BCUT2D eigenvalue weighted by atomic mass is 16.3. The molecule has 132 valence electrons. The molecular weight excluding hydrogens is 316 g/mol. The van der Waals surface area contributed by atoms with E-state index in [4.69, 9.17) is 0 Å². The molecule has 0 bridgehead atoms. The Hall–Kier alpha value is -2.40. The number of H-pyrrole nitrogens is 1. The van der Waals surface area contributed by atoms with E-state index in [1.807, 2.05) is 37.3 Å². The van der Waals surface area contributed by atoms with E-state index in [2.05, 4.69) is 4.98 Å². The molecule has 2 N–H and O–H groups in total. The third-order valence-corrected chi connectivity index (χ3v) is 4.98. The third-order valence-electron chi connectivity index (χ3n) is 4.98. The Kier molecular flexibility index (Phi) is 5.04. The molecule has 1 saturated heterocycles. The summed E-state index contributed by atoms with van der Waals surface area (Å²) in [6, 6.07) is 11.4. The molecule has 2 heterocycles. The van der Waals surface area contributed by atoms with Crippen molar-refractivity contribution in [3.63, 3.8) is 0 Å². The molecule has 3 rings (SSSR count). The van der Waals surface area contributed by atoms with Crippen LogP contribution in [-0.2, 0) is 0 Å². The lowest BCUT2D eigenvalue weighted by Gasteiger charge is -2.34. The molecule has 5 heteroatoms. The number of piperidine rings is 1. The van der Waals surface area contributed by atoms with E-state index in [9.17, 15) is 14.7 Å². The van der Waals surface area contributed by atoms with Gasteiger partial charge in [-0.15, -0.1) is 0 Å². The maximum Gasteiger partial charge on any atom is 0.261 e. The van der Waals surface area contributed by atoms with Gasteiger partial charge in [0.15, 0.2) is 0 Å². The van der Waals surface area contributed by atoms with Crippen molar-refractivity contribution in [3.05, 3.63) is 58.0 Å². The van der Waals surface area contributed by atoms with Gasteiger partial charge in [-0.3, -0.25) is 9.59 Å². The van der Waals surface area contributed by atoms with Gasteiger partial charge >= 0.3 is 0 Å². The summed E-state index contributed by atoms with van der Waals surface area (Å²) in [7, 11) is 0. The van der Waals surface area contributed by atoms with Gasteiger partial charge in [-0.2, -0.15) is 0 Å². The summed E-state index contributed by atoms with van der Waals surface area (Å²) in [5.41, 5.74) is 2.36. The number of aliphatic hydroxyl groups is 1. The zero-order chi connectivity index (χ0) is 18.0. The van der Waals surface area contributed by atoms with E-state index in [0.717, 1.165) is 29.7 Å². The summed E-state index contributed by atoms with van der Waals surface area (Å²) in [6.07, 6.45) is 1.30. The van der Waals surface area contributed by atoms with Crippen LogP contribution in [0.2, 0.25) is 0 Å². The number of amides is 1. The number of likely N-dealkylation sites (tertiary alicyclic amines) is 1. The second-order valence-corrected chi connectivity index (χ2v) is 6.81. The van der Waals surface area contributed by atoms with Crippen LogP contribution in [-0.4, -0.2) is 40.1 Å². The fraction of sp³-hybridized carbons (Fsp3) is 0.400. The number of carbonyl (C=O) groups excluding carboxylic acids is 1. The van der Waals surface area contributed by atoms with Crippen molar-refractivity contribution >= 4 is 5.91 Å². The van der Waals surface area contributed by atoms with Crippen LogP contribution in [0.1, 0.15) is 35.8 Å². The maximum atomic E-state index is 12.9. The molecule has 2 aromatic rings. The number of hydrogen-bond acceptors (Lipinski definition) is 3. The average molecular weight is 340 g/mol. The Balaban J connectivity index is 1.94. The van der Waals surface area contributed by atoms with Crippen LogP contribution in [0.15, 0.2) is 41.2 Å². The van der Waals surface area contributed by atoms with Gasteiger partial charge in [0.1, 0.15) is 5.56 Å². The predicted octanol–water partition coefficient (Wildman–Crippen LogP) is 2.58. The lowest BCUT2D eigenvalue weighted by atomic mass is 9.93. The van der Waals surface area contributed by atoms with Crippen LogP contribution >= 0.6 is 0 Å². The molecule has 1 fully saturated rings. The van der Waals surface area contributed by atoms with E-state index in [0.29, 0.717) is 13.1 Å². The molecule has 25 heavy (non-hydrogen) atoms. The summed E-state index contributed by atoms with van der Waals surface area (Å²) in [4.78, 5) is 29.8. The molecule has 2 unspecified atom stereocenters. The number of rotatable bonds is 3. The molecule has 0 saturated carbocycles. The first-order valence-corrected chi connectivity index (χ1v) is 8.74. The van der Waals surface area contributed by atoms with Gasteiger partial charge in [-0.05, 0) is 38.3 Å². The molecule has 0 aliphatic carbocycles. The monoisotopic (exact) mass is 340 g/mol. The molecule has 0 spiro atoms. The molecule has 1 aromatic heterocycles. The van der Waals surface area contributed by atoms with Crippen LogP contribution in [0.3, 0.4) is 0 Å². The van der Waals surface area contributed by atoms with Gasteiger partial charge < -0.3 is 15.0 Å². The minimum atomic E-state index is -0.452. The lowest BCUT2D eigenvalue weighted by Crippen LogP contribution is -2.44. The number of carbonyl (C=O) groups is 1. The summed E-state index contributed by atoms with van der Waals surface area (Å²) in [5.74, 6) is -0.195. The first kappa shape index (κ1) is 17.4. The lowest BCUT2D eigenvalue weighted by molar-refractivity contribution is 0.0465. The van der Waals surface area contributed by atoms with Crippen molar-refractivity contribution in [2.75, 3.05) is 13.1 Å². The number of aryl methyl sites for hydroxylation is 1. The van der Waals surface area contributed by atoms with Crippen LogP contribution in [0.25, 0.3) is 11.1 Å². The number of benzene rings is 1. The van der Waals surface area contributed by atoms with Crippen LogP contribution in [0.5, 0.6) is 0 Å². The Bertz CT molecular complexity index is 811. The van der Waals surface area contributed by atoms with E-state index in [1.165, 1.54) is 0 Å². The molecular formula is C20H24N2O3. The summed E-state index contributed by atoms with van der Waals surface area (Å²) >= 11 is 0. The molecule has 2 atom stereocenters. The Morgan fingerprint density at radius 3 is 2.72 bits per heavy atom. The quantitative estimate of drug-likeness (QED) is 0.902. The SMILES string of the molecule is Cc1[nH]c(=O)c(C(=O)N2CCCC(C(C)O)C2)cc1-c1ccccc1. The van der Waals surface area contributed by atoms with Crippen molar-refractivity contribution in [2.45, 2.75) is 32.8 Å². The molecule has 1 aromatic carbocycles. The van der Waals surface area contributed by atoms with Crippen molar-refractivity contribution in [1.82, 2.24) is 9.88 Å². The maximum absolute atomic E-state index is 12.9. The third kappa shape index (κ3) is 3.66. The molecule has 5 nitrogen and oxygen atoms in total. The molecule has 1 amide bonds. The van der Waals surface area contributed by atoms with E-state index in [1.54, 1.807) is 17.9 Å². The summed E-state index contributed by atoms with van der Waals surface area (Å²) in [6.45, 7) is 4.70. The van der Waals surface area contributed by atoms with Gasteiger partial charge in [0.05, 0.1) is 6.10 Å². The van der Waals surface area contributed by atoms with Crippen LogP contribution in [0.4, 0.5) is 0 Å². The first-order valence-electron chi connectivity index (χ1n) is 8.74. The standard InChI is InChI=1S/C20H24N2O3/c1-13-17(15-7-4-3-5-8-15)11-18(19(24)21-13)20(25)22-10-6-9-16(12-22)14(2)23/h3-5,7-8,11,14,16,23H,6,9-10,12H2,1-2H3,(H,21,24). The van der Waals surface area contributed by atoms with E-state index < -0.39 is 6.10 Å². The zero-order valence-corrected chi connectivity index (χ0v) is 14.7. The van der Waals surface area contributed by atoms with Gasteiger partial charge in [0.25, 0.3) is 11.5 Å². The number of pyridine rings is 1. The fourth-order valence-electron chi connectivity index (χ4n) is 3.46. The summed E-state index contributed by atoms with van der Waals surface area (Å²) in [5, 5.41) is 9.83. The smallest absolute Gasteiger partial charge is 0.261 e. The highest BCUT2D eigenvalue weighted by molar-refractivity contribution is 5.95. The van der Waals surface area contributed by atoms with Crippen molar-refractivity contribution < 1.29 is 9.90 Å². The Morgan fingerprint density at radius 2 is 2.04 bits per heavy atom. The van der Waals surface area contributed by atoms with Gasteiger partial charge in [0.2, 0.25) is 0 Å². The minimum Gasteiger partial charge on any atom is -0.393 e. The molecule has 1 aliphatic rings. The minimum absolute atomic E-state index is 0.0656. The number of nitrogens with one attached hydrogen (secondary N) is 1. The fourth-order valence-corrected chi connectivity index (χ4v) is 3.46. The van der Waals surface area contributed by atoms with Crippen molar-refractivity contribution in [3.8, 4) is 11.1 Å². The van der Waals surface area contributed by atoms with Crippen LogP contribution in [0, 0.1) is 12.8 Å². The second-order valence-electron chi connectivity index (χ2n) is 6.81. The zero-order valence-electron chi connectivity index (χ0n) is 14.7. The van der Waals surface area contributed by atoms with E-state index in [-0.39, 0.29) is 22.9 Å².